The first-order valence-corrected chi connectivity index (χ1v) is 23.6. The maximum atomic E-state index is 2.52. The van der Waals surface area contributed by atoms with Gasteiger partial charge in [-0.15, -0.1) is 11.3 Å². The molecular weight excluding hydrogens is 781 g/mol. The number of allylic oxidation sites excluding steroid dienone is 15. The molecule has 0 saturated heterocycles. The van der Waals surface area contributed by atoms with Crippen LogP contribution in [-0.2, 0) is 0 Å². The lowest BCUT2D eigenvalue weighted by atomic mass is 9.84. The van der Waals surface area contributed by atoms with E-state index in [4.69, 9.17) is 0 Å². The number of hydrogen-bond acceptors (Lipinski definition) is 2. The van der Waals surface area contributed by atoms with Crippen molar-refractivity contribution in [3.63, 3.8) is 0 Å². The van der Waals surface area contributed by atoms with Crippen molar-refractivity contribution in [2.24, 2.45) is 0 Å². The Bertz CT molecular complexity index is 3590. The number of nitrogens with zero attached hydrogens (tertiary/aromatic N) is 2. The maximum Gasteiger partial charge on any atom is 0.0620 e. The largest absolute Gasteiger partial charge is 0.315 e. The monoisotopic (exact) mass is 826 g/mol. The number of fused-ring (bicyclic) bond motifs is 9. The molecule has 3 heteroatoms. The highest BCUT2D eigenvalue weighted by molar-refractivity contribution is 7.25. The molecule has 6 aromatic carbocycles. The first kappa shape index (κ1) is 36.7. The van der Waals surface area contributed by atoms with Crippen molar-refractivity contribution in [3.8, 4) is 11.1 Å². The number of para-hydroxylation sites is 2. The molecule has 13 rings (SSSR count). The van der Waals surface area contributed by atoms with Crippen LogP contribution in [0.5, 0.6) is 0 Å². The summed E-state index contributed by atoms with van der Waals surface area (Å²) in [6.07, 6.45) is 31.3. The number of thiophene rings is 1. The number of anilines is 1. The van der Waals surface area contributed by atoms with Gasteiger partial charge in [0.05, 0.1) is 16.6 Å². The summed E-state index contributed by atoms with van der Waals surface area (Å²) in [4.78, 5) is 2.52. The molecule has 0 N–H and O–H groups in total. The predicted molar refractivity (Wildman–Crippen MR) is 270 cm³/mol. The van der Waals surface area contributed by atoms with Crippen molar-refractivity contribution in [2.75, 3.05) is 4.90 Å². The highest BCUT2D eigenvalue weighted by atomic mass is 32.1. The molecule has 0 bridgehead atoms. The molecular formula is C60H46N2S. The van der Waals surface area contributed by atoms with Crippen LogP contribution in [0.2, 0.25) is 0 Å². The molecule has 1 atom stereocenters. The van der Waals surface area contributed by atoms with Crippen LogP contribution in [0.15, 0.2) is 222 Å². The standard InChI is InChI=1S/C60H46N2S/c1-2-9-39(10-3-1)40-17-19-41(20-18-40)42-21-29-47(30-22-42)61(49-33-25-44(26-34-49)46-27-35-52-51-12-5-7-16-58(51)63-59(52)38-46)48-31-23-43(24-32-48)45-28-36-57-55(37-45)54-14-8-13-53-50-11-4-6-15-56(50)62(57)60(53)54/h1-2,4-9,11-17,19,21,23,25-29,31-38,43H,3,10,18,20,22,24,30H2. The number of rotatable bonds is 7. The van der Waals surface area contributed by atoms with Crippen LogP contribution in [0.4, 0.5) is 5.69 Å². The molecule has 0 amide bonds. The zero-order chi connectivity index (χ0) is 41.4. The van der Waals surface area contributed by atoms with Crippen LogP contribution in [0.25, 0.3) is 69.4 Å². The Hall–Kier alpha value is -6.94. The van der Waals surface area contributed by atoms with Gasteiger partial charge in [-0.05, 0) is 139 Å². The average molecular weight is 827 g/mol. The van der Waals surface area contributed by atoms with Crippen molar-refractivity contribution in [1.82, 2.24) is 4.40 Å². The third-order valence-electron chi connectivity index (χ3n) is 14.3. The zero-order valence-electron chi connectivity index (χ0n) is 35.2. The predicted octanol–water partition coefficient (Wildman–Crippen LogP) is 16.8. The summed E-state index contributed by atoms with van der Waals surface area (Å²) in [7, 11) is 0. The van der Waals surface area contributed by atoms with E-state index in [1.54, 1.807) is 0 Å². The van der Waals surface area contributed by atoms with Gasteiger partial charge in [0.25, 0.3) is 0 Å². The Morgan fingerprint density at radius 1 is 0.524 bits per heavy atom. The molecule has 2 nitrogen and oxygen atoms in total. The molecule has 0 radical (unpaired) electrons. The second-order valence-corrected chi connectivity index (χ2v) is 18.8. The van der Waals surface area contributed by atoms with E-state index >= 15 is 0 Å². The fraction of sp³-hybridized carbons (Fsp3) is 0.133. The molecule has 63 heavy (non-hydrogen) atoms. The van der Waals surface area contributed by atoms with Crippen LogP contribution in [-0.4, -0.2) is 4.40 Å². The molecule has 4 aliphatic rings. The third-order valence-corrected chi connectivity index (χ3v) is 15.4. The summed E-state index contributed by atoms with van der Waals surface area (Å²) in [5.41, 5.74) is 17.6. The van der Waals surface area contributed by atoms with Crippen molar-refractivity contribution in [3.05, 3.63) is 227 Å². The van der Waals surface area contributed by atoms with Gasteiger partial charge in [-0.25, -0.2) is 0 Å². The molecule has 0 saturated carbocycles. The van der Waals surface area contributed by atoms with Gasteiger partial charge in [-0.3, -0.25) is 0 Å². The number of benzene rings is 6. The van der Waals surface area contributed by atoms with Crippen LogP contribution in [0.3, 0.4) is 0 Å². The number of aromatic nitrogens is 1. The van der Waals surface area contributed by atoms with Gasteiger partial charge in [0.1, 0.15) is 0 Å². The summed E-state index contributed by atoms with van der Waals surface area (Å²) < 4.78 is 5.16. The lowest BCUT2D eigenvalue weighted by Gasteiger charge is -2.33. The van der Waals surface area contributed by atoms with Gasteiger partial charge in [0.15, 0.2) is 0 Å². The van der Waals surface area contributed by atoms with Gasteiger partial charge in [-0.1, -0.05) is 134 Å². The summed E-state index contributed by atoms with van der Waals surface area (Å²) in [6, 6.07) is 47.8. The highest BCUT2D eigenvalue weighted by Gasteiger charge is 2.24. The van der Waals surface area contributed by atoms with Crippen LogP contribution in [0, 0.1) is 0 Å². The van der Waals surface area contributed by atoms with Crippen LogP contribution < -0.4 is 4.90 Å². The van der Waals surface area contributed by atoms with Crippen LogP contribution >= 0.6 is 11.3 Å². The molecule has 0 spiro atoms. The SMILES string of the molecule is C1=CCCC(C2=CC=C(C3=CC=C(N(C4=CCC(c5ccc6c(c5)c5cccc7c8ccccc8n6c75)C=C4)c4ccc(-c5ccc6c(c5)sc5ccccc56)cc4)CC3)CC2)=C1. The third kappa shape index (κ3) is 6.13. The Kier molecular flexibility index (Phi) is 8.65. The minimum atomic E-state index is 0.311. The lowest BCUT2D eigenvalue weighted by molar-refractivity contribution is 0.810. The zero-order valence-corrected chi connectivity index (χ0v) is 36.0. The van der Waals surface area contributed by atoms with Crippen LogP contribution in [0.1, 0.15) is 56.4 Å². The Morgan fingerprint density at radius 3 is 1.98 bits per heavy atom. The first-order valence-electron chi connectivity index (χ1n) is 22.7. The Balaban J connectivity index is 0.830. The van der Waals surface area contributed by atoms with Crippen molar-refractivity contribution in [2.45, 2.75) is 50.9 Å². The van der Waals surface area contributed by atoms with E-state index in [0.29, 0.717) is 5.92 Å². The summed E-state index contributed by atoms with van der Waals surface area (Å²) >= 11 is 1.88. The Morgan fingerprint density at radius 2 is 1.22 bits per heavy atom. The quantitative estimate of drug-likeness (QED) is 0.155. The summed E-state index contributed by atoms with van der Waals surface area (Å²) in [5.74, 6) is 0.311. The molecule has 3 aromatic heterocycles. The van der Waals surface area contributed by atoms with Crippen molar-refractivity contribution < 1.29 is 0 Å². The topological polar surface area (TPSA) is 7.65 Å². The maximum absolute atomic E-state index is 2.52. The smallest absolute Gasteiger partial charge is 0.0620 e. The minimum Gasteiger partial charge on any atom is -0.315 e. The average Bonchev–Trinajstić information content (AvgIpc) is 4.02. The molecule has 4 aliphatic carbocycles. The van der Waals surface area contributed by atoms with E-state index in [1.165, 1.54) is 121 Å². The van der Waals surface area contributed by atoms with E-state index in [-0.39, 0.29) is 0 Å². The van der Waals surface area contributed by atoms with E-state index in [0.717, 1.165) is 38.5 Å². The second-order valence-electron chi connectivity index (χ2n) is 17.7. The second kappa shape index (κ2) is 14.9. The molecule has 3 heterocycles. The van der Waals surface area contributed by atoms with E-state index in [2.05, 4.69) is 197 Å². The van der Waals surface area contributed by atoms with Crippen molar-refractivity contribution in [1.29, 1.82) is 0 Å². The van der Waals surface area contributed by atoms with E-state index < -0.39 is 0 Å². The van der Waals surface area contributed by atoms with Gasteiger partial charge < -0.3 is 9.30 Å². The first-order chi connectivity index (χ1) is 31.2. The molecule has 0 fully saturated rings. The number of hydrogen-bond donors (Lipinski definition) is 0. The van der Waals surface area contributed by atoms with E-state index in [9.17, 15) is 0 Å². The Labute approximate surface area is 372 Å². The summed E-state index contributed by atoms with van der Waals surface area (Å²) in [6.45, 7) is 0. The molecule has 302 valence electrons. The van der Waals surface area contributed by atoms with Gasteiger partial charge in [-0.2, -0.15) is 0 Å². The molecule has 1 unspecified atom stereocenters. The fourth-order valence-electron chi connectivity index (χ4n) is 11.0. The van der Waals surface area contributed by atoms with Crippen molar-refractivity contribution >= 4 is 75.3 Å². The minimum absolute atomic E-state index is 0.311. The van der Waals surface area contributed by atoms with E-state index in [1.807, 2.05) is 11.3 Å². The highest BCUT2D eigenvalue weighted by Crippen LogP contribution is 2.43. The normalized spacial score (nSPS) is 18.0. The lowest BCUT2D eigenvalue weighted by Crippen LogP contribution is -2.23. The van der Waals surface area contributed by atoms with Gasteiger partial charge >= 0.3 is 0 Å². The van der Waals surface area contributed by atoms with Gasteiger partial charge in [0.2, 0.25) is 0 Å². The molecule has 9 aromatic rings. The molecule has 0 aliphatic heterocycles. The summed E-state index contributed by atoms with van der Waals surface area (Å²) in [5, 5.41) is 8.03. The van der Waals surface area contributed by atoms with Gasteiger partial charge in [0, 0.05) is 64.7 Å². The fourth-order valence-corrected chi connectivity index (χ4v) is 12.2.